The number of amides is 2. The number of carbonyl (C=O) groups is 4. The van der Waals surface area contributed by atoms with Crippen LogP contribution >= 0.6 is 0 Å². The van der Waals surface area contributed by atoms with E-state index in [1.165, 1.54) is 0 Å². The van der Waals surface area contributed by atoms with Crippen molar-refractivity contribution in [3.05, 3.63) is 59.7 Å². The lowest BCUT2D eigenvalue weighted by molar-refractivity contribution is -0.152. The SMILES string of the molecule is COc1ccc(C[C@H](NC(=O)C(=O)N[C@@H](Cc2ccc(OC)cc2)C(=O)OCC(C)C)C(=O)OCC(C)C)cc1. The maximum atomic E-state index is 12.9. The molecule has 0 saturated carbocycles. The van der Waals surface area contributed by atoms with Crippen LogP contribution in [0.15, 0.2) is 48.5 Å². The van der Waals surface area contributed by atoms with Crippen molar-refractivity contribution in [3.8, 4) is 11.5 Å². The van der Waals surface area contributed by atoms with Crippen LogP contribution in [0.3, 0.4) is 0 Å². The highest BCUT2D eigenvalue weighted by atomic mass is 16.5. The predicted molar refractivity (Wildman–Crippen MR) is 149 cm³/mol. The van der Waals surface area contributed by atoms with Crippen molar-refractivity contribution in [3.63, 3.8) is 0 Å². The van der Waals surface area contributed by atoms with Gasteiger partial charge in [0.05, 0.1) is 27.4 Å². The first-order chi connectivity index (χ1) is 19.0. The van der Waals surface area contributed by atoms with Gasteiger partial charge in [0.15, 0.2) is 0 Å². The largest absolute Gasteiger partial charge is 0.497 e. The van der Waals surface area contributed by atoms with Gasteiger partial charge in [0.2, 0.25) is 0 Å². The molecule has 2 amide bonds. The molecular weight excluding hydrogens is 516 g/mol. The Balaban J connectivity index is 2.17. The molecule has 0 fully saturated rings. The van der Waals surface area contributed by atoms with E-state index in [1.54, 1.807) is 62.8 Å². The first-order valence-electron chi connectivity index (χ1n) is 13.2. The van der Waals surface area contributed by atoms with Crippen molar-refractivity contribution >= 4 is 23.8 Å². The zero-order valence-corrected chi connectivity index (χ0v) is 24.0. The molecule has 0 heterocycles. The minimum atomic E-state index is -1.13. The van der Waals surface area contributed by atoms with Gasteiger partial charge >= 0.3 is 23.8 Å². The van der Waals surface area contributed by atoms with E-state index in [9.17, 15) is 19.2 Å². The molecule has 0 aliphatic rings. The highest BCUT2D eigenvalue weighted by Crippen LogP contribution is 2.15. The maximum Gasteiger partial charge on any atom is 0.329 e. The predicted octanol–water partition coefficient (Wildman–Crippen LogP) is 2.86. The molecule has 2 aromatic rings. The fraction of sp³-hybridized carbons (Fsp3) is 0.467. The van der Waals surface area contributed by atoms with Crippen LogP contribution in [-0.2, 0) is 41.5 Å². The van der Waals surface area contributed by atoms with Gasteiger partial charge in [0.1, 0.15) is 23.6 Å². The van der Waals surface area contributed by atoms with Crippen molar-refractivity contribution in [2.45, 2.75) is 52.6 Å². The van der Waals surface area contributed by atoms with Crippen LogP contribution in [0.4, 0.5) is 0 Å². The van der Waals surface area contributed by atoms with Gasteiger partial charge in [-0.15, -0.1) is 0 Å². The lowest BCUT2D eigenvalue weighted by Crippen LogP contribution is -2.53. The molecule has 0 radical (unpaired) electrons. The van der Waals surface area contributed by atoms with Gasteiger partial charge in [-0.2, -0.15) is 0 Å². The van der Waals surface area contributed by atoms with Gasteiger partial charge in [-0.3, -0.25) is 9.59 Å². The van der Waals surface area contributed by atoms with Crippen molar-refractivity contribution in [1.29, 1.82) is 0 Å². The van der Waals surface area contributed by atoms with E-state index in [2.05, 4.69) is 10.6 Å². The number of methoxy groups -OCH3 is 2. The highest BCUT2D eigenvalue weighted by Gasteiger charge is 2.30. The van der Waals surface area contributed by atoms with Gasteiger partial charge in [-0.1, -0.05) is 52.0 Å². The quantitative estimate of drug-likeness (QED) is 0.269. The normalized spacial score (nSPS) is 12.3. The summed E-state index contributed by atoms with van der Waals surface area (Å²) in [4.78, 5) is 51.5. The number of esters is 2. The smallest absolute Gasteiger partial charge is 0.329 e. The first-order valence-corrected chi connectivity index (χ1v) is 13.2. The number of rotatable bonds is 14. The summed E-state index contributed by atoms with van der Waals surface area (Å²) >= 11 is 0. The first kappa shape index (κ1) is 32.1. The van der Waals surface area contributed by atoms with E-state index in [4.69, 9.17) is 18.9 Å². The van der Waals surface area contributed by atoms with Crippen molar-refractivity contribution in [2.75, 3.05) is 27.4 Å². The van der Waals surface area contributed by atoms with E-state index in [-0.39, 0.29) is 37.9 Å². The molecule has 2 atom stereocenters. The molecule has 40 heavy (non-hydrogen) atoms. The van der Waals surface area contributed by atoms with E-state index < -0.39 is 35.8 Å². The molecule has 2 aromatic carbocycles. The third kappa shape index (κ3) is 11.0. The summed E-state index contributed by atoms with van der Waals surface area (Å²) in [5, 5.41) is 4.93. The van der Waals surface area contributed by atoms with Gasteiger partial charge < -0.3 is 29.6 Å². The van der Waals surface area contributed by atoms with Gasteiger partial charge in [0, 0.05) is 12.8 Å². The van der Waals surface area contributed by atoms with E-state index in [1.807, 2.05) is 27.7 Å². The second-order valence-electron chi connectivity index (χ2n) is 10.2. The fourth-order valence-corrected chi connectivity index (χ4v) is 3.53. The Hall–Kier alpha value is -4.08. The van der Waals surface area contributed by atoms with Crippen LogP contribution in [0.2, 0.25) is 0 Å². The van der Waals surface area contributed by atoms with Crippen LogP contribution in [0, 0.1) is 11.8 Å². The van der Waals surface area contributed by atoms with Crippen molar-refractivity contribution in [2.24, 2.45) is 11.8 Å². The lowest BCUT2D eigenvalue weighted by Gasteiger charge is -2.21. The standard InChI is InChI=1S/C30H40N2O8/c1-19(2)17-39-29(35)25(15-21-7-11-23(37-5)12-8-21)31-27(33)28(34)32-26(30(36)40-18-20(3)4)16-22-9-13-24(38-6)14-10-22/h7-14,19-20,25-26H,15-18H2,1-6H3,(H,31,33)(H,32,34)/t25-,26-/m0/s1. The Labute approximate surface area is 235 Å². The number of hydrogen-bond acceptors (Lipinski definition) is 8. The molecule has 0 spiro atoms. The van der Waals surface area contributed by atoms with Gasteiger partial charge in [-0.25, -0.2) is 9.59 Å². The zero-order chi connectivity index (χ0) is 29.7. The highest BCUT2D eigenvalue weighted by molar-refractivity contribution is 6.35. The molecule has 2 rings (SSSR count). The Kier molecular flexibility index (Phi) is 13.0. The zero-order valence-electron chi connectivity index (χ0n) is 24.0. The summed E-state index contributed by atoms with van der Waals surface area (Å²) in [7, 11) is 3.08. The molecular formula is C30H40N2O8. The molecule has 0 bridgehead atoms. The Morgan fingerprint density at radius 3 is 1.20 bits per heavy atom. The van der Waals surface area contributed by atoms with Crippen LogP contribution in [0.1, 0.15) is 38.8 Å². The van der Waals surface area contributed by atoms with Crippen LogP contribution in [-0.4, -0.2) is 63.3 Å². The number of ether oxygens (including phenoxy) is 4. The van der Waals surface area contributed by atoms with Gasteiger partial charge in [-0.05, 0) is 47.2 Å². The van der Waals surface area contributed by atoms with Crippen LogP contribution < -0.4 is 20.1 Å². The number of benzene rings is 2. The molecule has 0 aliphatic carbocycles. The molecule has 2 N–H and O–H groups in total. The maximum absolute atomic E-state index is 12.9. The van der Waals surface area contributed by atoms with Crippen molar-refractivity contribution in [1.82, 2.24) is 10.6 Å². The Morgan fingerprint density at radius 1 is 0.600 bits per heavy atom. The molecule has 0 aliphatic heterocycles. The Morgan fingerprint density at radius 2 is 0.925 bits per heavy atom. The molecule has 10 heteroatoms. The molecule has 0 aromatic heterocycles. The fourth-order valence-electron chi connectivity index (χ4n) is 3.53. The van der Waals surface area contributed by atoms with E-state index >= 15 is 0 Å². The summed E-state index contributed by atoms with van der Waals surface area (Å²) in [6, 6.07) is 11.7. The summed E-state index contributed by atoms with van der Waals surface area (Å²) < 4.78 is 21.0. The third-order valence-electron chi connectivity index (χ3n) is 5.70. The van der Waals surface area contributed by atoms with Crippen LogP contribution in [0.25, 0.3) is 0 Å². The minimum Gasteiger partial charge on any atom is -0.497 e. The second-order valence-corrected chi connectivity index (χ2v) is 10.2. The lowest BCUT2D eigenvalue weighted by atomic mass is 10.0. The van der Waals surface area contributed by atoms with Crippen LogP contribution in [0.5, 0.6) is 11.5 Å². The minimum absolute atomic E-state index is 0.0835. The monoisotopic (exact) mass is 556 g/mol. The average molecular weight is 557 g/mol. The average Bonchev–Trinajstić information content (AvgIpc) is 2.94. The molecule has 0 saturated heterocycles. The molecule has 218 valence electrons. The van der Waals surface area contributed by atoms with E-state index in [0.29, 0.717) is 11.5 Å². The summed E-state index contributed by atoms with van der Waals surface area (Å²) in [5.74, 6) is -2.04. The summed E-state index contributed by atoms with van der Waals surface area (Å²) in [5.41, 5.74) is 1.45. The number of nitrogens with one attached hydrogen (secondary N) is 2. The summed E-state index contributed by atoms with van der Waals surface area (Å²) in [6.45, 7) is 7.87. The number of hydrogen-bond donors (Lipinski definition) is 2. The van der Waals surface area contributed by atoms with Gasteiger partial charge in [0.25, 0.3) is 0 Å². The molecule has 0 unspecified atom stereocenters. The topological polar surface area (TPSA) is 129 Å². The number of carbonyl (C=O) groups excluding carboxylic acids is 4. The van der Waals surface area contributed by atoms with E-state index in [0.717, 1.165) is 11.1 Å². The molecule has 10 nitrogen and oxygen atoms in total. The Bertz CT molecular complexity index is 1020. The third-order valence-corrected chi connectivity index (χ3v) is 5.70. The van der Waals surface area contributed by atoms with Crippen molar-refractivity contribution < 1.29 is 38.1 Å². The second kappa shape index (κ2) is 16.1. The summed E-state index contributed by atoms with van der Waals surface area (Å²) in [6.07, 6.45) is 0.178.